The van der Waals surface area contributed by atoms with Crippen LogP contribution in [-0.2, 0) is 10.9 Å². The Morgan fingerprint density at radius 2 is 1.92 bits per heavy atom. The van der Waals surface area contributed by atoms with Crippen molar-refractivity contribution in [2.75, 3.05) is 36.6 Å². The van der Waals surface area contributed by atoms with Crippen LogP contribution >= 0.6 is 0 Å². The largest absolute Gasteiger partial charge is 0.416 e. The van der Waals surface area contributed by atoms with Gasteiger partial charge in [-0.3, -0.25) is 0 Å². The molecular formula is C18H16F4N2O2. The average Bonchev–Trinajstić information content (AvgIpc) is 2.94. The summed E-state index contributed by atoms with van der Waals surface area (Å²) >= 11 is 0. The second-order valence-electron chi connectivity index (χ2n) is 6.67. The Kier molecular flexibility index (Phi) is 3.85. The monoisotopic (exact) mass is 368 g/mol. The minimum atomic E-state index is -4.58. The summed E-state index contributed by atoms with van der Waals surface area (Å²) < 4.78 is 57.3. The summed E-state index contributed by atoms with van der Waals surface area (Å²) in [6.45, 7) is 1.46. The number of ether oxygens (including phenoxy) is 1. The van der Waals surface area contributed by atoms with Crippen molar-refractivity contribution in [2.24, 2.45) is 0 Å². The van der Waals surface area contributed by atoms with E-state index in [2.05, 4.69) is 5.32 Å². The third-order valence-electron chi connectivity index (χ3n) is 4.63. The summed E-state index contributed by atoms with van der Waals surface area (Å²) in [5, 5.41) is 13.4. The molecule has 138 valence electrons. The average molecular weight is 368 g/mol. The number of β-amino-alcohol motifs (C(OH)–C–C–N with tert-alkyl or cyclic N) is 1. The zero-order valence-electron chi connectivity index (χ0n) is 13.6. The molecule has 0 amide bonds. The highest BCUT2D eigenvalue weighted by Gasteiger charge is 2.39. The van der Waals surface area contributed by atoms with Gasteiger partial charge in [0, 0.05) is 5.56 Å². The van der Waals surface area contributed by atoms with Crippen LogP contribution in [0.3, 0.4) is 0 Å². The molecule has 2 aromatic rings. The van der Waals surface area contributed by atoms with Crippen LogP contribution in [0.2, 0.25) is 0 Å². The van der Waals surface area contributed by atoms with Crippen molar-refractivity contribution in [3.8, 4) is 11.1 Å². The molecule has 1 fully saturated rings. The SMILES string of the molecule is OC1(CN2CNc3cc(-c4ccc(C(F)(F)F)cc4F)ccc32)COC1. The zero-order valence-corrected chi connectivity index (χ0v) is 13.6. The normalized spacial score (nSPS) is 18.3. The maximum absolute atomic E-state index is 14.2. The summed E-state index contributed by atoms with van der Waals surface area (Å²) in [4.78, 5) is 1.95. The molecule has 2 heterocycles. The topological polar surface area (TPSA) is 44.7 Å². The van der Waals surface area contributed by atoms with Crippen LogP contribution in [0, 0.1) is 5.82 Å². The Morgan fingerprint density at radius 3 is 2.54 bits per heavy atom. The highest BCUT2D eigenvalue weighted by Crippen LogP contribution is 2.38. The number of benzene rings is 2. The summed E-state index contributed by atoms with van der Waals surface area (Å²) in [5.41, 5.74) is 0.288. The fourth-order valence-electron chi connectivity index (χ4n) is 3.24. The molecule has 2 aliphatic heterocycles. The molecule has 1 saturated heterocycles. The van der Waals surface area contributed by atoms with Crippen LogP contribution in [0.4, 0.5) is 28.9 Å². The fourth-order valence-corrected chi connectivity index (χ4v) is 3.24. The maximum atomic E-state index is 14.2. The van der Waals surface area contributed by atoms with Crippen LogP contribution in [0.15, 0.2) is 36.4 Å². The van der Waals surface area contributed by atoms with Gasteiger partial charge in [0.25, 0.3) is 0 Å². The first-order valence-corrected chi connectivity index (χ1v) is 8.05. The summed E-state index contributed by atoms with van der Waals surface area (Å²) in [5.74, 6) is -0.921. The van der Waals surface area contributed by atoms with Crippen LogP contribution in [-0.4, -0.2) is 37.1 Å². The van der Waals surface area contributed by atoms with E-state index in [0.29, 0.717) is 24.8 Å². The number of hydrogen-bond donors (Lipinski definition) is 2. The number of nitrogens with one attached hydrogen (secondary N) is 1. The molecule has 0 unspecified atom stereocenters. The number of nitrogens with zero attached hydrogens (tertiary/aromatic N) is 1. The second-order valence-corrected chi connectivity index (χ2v) is 6.67. The number of aliphatic hydroxyl groups is 1. The first-order chi connectivity index (χ1) is 12.3. The molecule has 0 bridgehead atoms. The highest BCUT2D eigenvalue weighted by molar-refractivity contribution is 5.81. The van der Waals surface area contributed by atoms with Crippen LogP contribution in [0.5, 0.6) is 0 Å². The van der Waals surface area contributed by atoms with E-state index in [4.69, 9.17) is 4.74 Å². The lowest BCUT2D eigenvalue weighted by atomic mass is 10.0. The molecule has 0 aromatic heterocycles. The lowest BCUT2D eigenvalue weighted by molar-refractivity contribution is -0.171. The smallest absolute Gasteiger partial charge is 0.383 e. The minimum Gasteiger partial charge on any atom is -0.383 e. The number of fused-ring (bicyclic) bond motifs is 1. The zero-order chi connectivity index (χ0) is 18.5. The number of alkyl halides is 3. The van der Waals surface area contributed by atoms with E-state index >= 15 is 0 Å². The predicted molar refractivity (Wildman–Crippen MR) is 88.4 cm³/mol. The van der Waals surface area contributed by atoms with Gasteiger partial charge in [-0.2, -0.15) is 13.2 Å². The summed E-state index contributed by atoms with van der Waals surface area (Å²) in [7, 11) is 0. The molecule has 0 aliphatic carbocycles. The third kappa shape index (κ3) is 2.99. The Morgan fingerprint density at radius 1 is 1.15 bits per heavy atom. The Bertz CT molecular complexity index is 850. The molecule has 4 nitrogen and oxygen atoms in total. The molecule has 2 N–H and O–H groups in total. The standard InChI is InChI=1S/C18H16F4N2O2/c19-14-6-12(18(20,21)22)2-3-13(14)11-1-4-16-15(5-11)23-10-24(16)7-17(25)8-26-9-17/h1-6,23,25H,7-10H2. The van der Waals surface area contributed by atoms with E-state index < -0.39 is 23.2 Å². The van der Waals surface area contributed by atoms with Gasteiger partial charge in [-0.15, -0.1) is 0 Å². The van der Waals surface area contributed by atoms with Gasteiger partial charge in [-0.05, 0) is 29.8 Å². The quantitative estimate of drug-likeness (QED) is 0.815. The van der Waals surface area contributed by atoms with Gasteiger partial charge in [0.05, 0.1) is 43.4 Å². The minimum absolute atomic E-state index is 0.104. The van der Waals surface area contributed by atoms with Gasteiger partial charge in [0.1, 0.15) is 11.4 Å². The number of halogens is 4. The Hall–Kier alpha value is -2.32. The van der Waals surface area contributed by atoms with Crippen molar-refractivity contribution in [1.29, 1.82) is 0 Å². The number of anilines is 2. The van der Waals surface area contributed by atoms with Crippen molar-refractivity contribution in [1.82, 2.24) is 0 Å². The van der Waals surface area contributed by atoms with E-state index in [-0.39, 0.29) is 18.8 Å². The molecule has 2 aromatic carbocycles. The van der Waals surface area contributed by atoms with Crippen LogP contribution in [0.25, 0.3) is 11.1 Å². The molecular weight excluding hydrogens is 352 g/mol. The second kappa shape index (κ2) is 5.85. The summed E-state index contributed by atoms with van der Waals surface area (Å²) in [6.07, 6.45) is -4.58. The van der Waals surface area contributed by atoms with Gasteiger partial charge in [-0.25, -0.2) is 4.39 Å². The van der Waals surface area contributed by atoms with Gasteiger partial charge >= 0.3 is 6.18 Å². The predicted octanol–water partition coefficient (Wildman–Crippen LogP) is 3.46. The van der Waals surface area contributed by atoms with Crippen molar-refractivity contribution in [3.63, 3.8) is 0 Å². The van der Waals surface area contributed by atoms with E-state index in [9.17, 15) is 22.7 Å². The van der Waals surface area contributed by atoms with Gasteiger partial charge in [-0.1, -0.05) is 12.1 Å². The fraction of sp³-hybridized carbons (Fsp3) is 0.333. The molecule has 8 heteroatoms. The van der Waals surface area contributed by atoms with Crippen molar-refractivity contribution in [3.05, 3.63) is 47.8 Å². The van der Waals surface area contributed by atoms with Gasteiger partial charge in [0.15, 0.2) is 0 Å². The third-order valence-corrected chi connectivity index (χ3v) is 4.63. The maximum Gasteiger partial charge on any atom is 0.416 e. The van der Waals surface area contributed by atoms with Crippen molar-refractivity contribution >= 4 is 11.4 Å². The van der Waals surface area contributed by atoms with Crippen LogP contribution in [0.1, 0.15) is 5.56 Å². The number of rotatable bonds is 3. The Balaban J connectivity index is 1.60. The lowest BCUT2D eigenvalue weighted by Gasteiger charge is -2.39. The first kappa shape index (κ1) is 17.1. The Labute approximate surface area is 147 Å². The first-order valence-electron chi connectivity index (χ1n) is 8.05. The number of hydrogen-bond acceptors (Lipinski definition) is 4. The van der Waals surface area contributed by atoms with E-state index in [1.807, 2.05) is 4.90 Å². The molecule has 0 radical (unpaired) electrons. The van der Waals surface area contributed by atoms with Gasteiger partial charge < -0.3 is 20.1 Å². The molecule has 4 rings (SSSR count). The molecule has 0 spiro atoms. The van der Waals surface area contributed by atoms with E-state index in [0.717, 1.165) is 23.5 Å². The van der Waals surface area contributed by atoms with E-state index in [1.165, 1.54) is 0 Å². The summed E-state index contributed by atoms with van der Waals surface area (Å²) in [6, 6.07) is 7.64. The molecule has 26 heavy (non-hydrogen) atoms. The van der Waals surface area contributed by atoms with E-state index in [1.54, 1.807) is 18.2 Å². The van der Waals surface area contributed by atoms with Gasteiger partial charge in [0.2, 0.25) is 0 Å². The molecule has 0 saturated carbocycles. The highest BCUT2D eigenvalue weighted by atomic mass is 19.4. The van der Waals surface area contributed by atoms with Crippen molar-refractivity contribution < 1.29 is 27.4 Å². The lowest BCUT2D eigenvalue weighted by Crippen LogP contribution is -2.57. The molecule has 0 atom stereocenters. The molecule has 2 aliphatic rings. The van der Waals surface area contributed by atoms with Crippen LogP contribution < -0.4 is 10.2 Å². The van der Waals surface area contributed by atoms with Crippen molar-refractivity contribution in [2.45, 2.75) is 11.8 Å².